The van der Waals surface area contributed by atoms with Gasteiger partial charge in [-0.15, -0.1) is 0 Å². The van der Waals surface area contributed by atoms with Crippen molar-refractivity contribution < 1.29 is 9.18 Å². The zero-order valence-corrected chi connectivity index (χ0v) is 15.8. The lowest BCUT2D eigenvalue weighted by Gasteiger charge is -2.13. The van der Waals surface area contributed by atoms with Gasteiger partial charge in [0.25, 0.3) is 0 Å². The molecule has 6 heteroatoms. The van der Waals surface area contributed by atoms with E-state index in [1.165, 1.54) is 12.1 Å². The maximum Gasteiger partial charge on any atom is 0.224 e. The fraction of sp³-hybridized carbons (Fsp3) is 0.333. The van der Waals surface area contributed by atoms with E-state index in [9.17, 15) is 9.18 Å². The predicted molar refractivity (Wildman–Crippen MR) is 105 cm³/mol. The Kier molecular flexibility index (Phi) is 6.19. The Balaban J connectivity index is 1.61. The Bertz CT molecular complexity index is 902. The molecule has 3 rings (SSSR count). The van der Waals surface area contributed by atoms with Gasteiger partial charge in [-0.05, 0) is 43.9 Å². The van der Waals surface area contributed by atoms with E-state index in [4.69, 9.17) is 4.98 Å². The van der Waals surface area contributed by atoms with Gasteiger partial charge in [-0.3, -0.25) is 4.79 Å². The van der Waals surface area contributed by atoms with Gasteiger partial charge in [0.1, 0.15) is 11.6 Å². The highest BCUT2D eigenvalue weighted by molar-refractivity contribution is 5.78. The molecular formula is C21H25FN4O. The van der Waals surface area contributed by atoms with Gasteiger partial charge in [-0.1, -0.05) is 24.3 Å². The Morgan fingerprint density at radius 2 is 1.89 bits per heavy atom. The smallest absolute Gasteiger partial charge is 0.224 e. The third kappa shape index (κ3) is 5.14. The van der Waals surface area contributed by atoms with Crippen molar-refractivity contribution in [1.29, 1.82) is 0 Å². The number of nitrogens with zero attached hydrogens (tertiary/aromatic N) is 3. The molecule has 0 saturated heterocycles. The molecule has 0 atom stereocenters. The van der Waals surface area contributed by atoms with Crippen molar-refractivity contribution >= 4 is 16.9 Å². The number of halogens is 1. The van der Waals surface area contributed by atoms with Crippen molar-refractivity contribution in [3.63, 3.8) is 0 Å². The first-order valence-electron chi connectivity index (χ1n) is 9.13. The van der Waals surface area contributed by atoms with Gasteiger partial charge < -0.3 is 14.8 Å². The zero-order valence-electron chi connectivity index (χ0n) is 15.8. The first-order chi connectivity index (χ1) is 13.0. The largest absolute Gasteiger partial charge is 0.355 e. The fourth-order valence-electron chi connectivity index (χ4n) is 3.03. The van der Waals surface area contributed by atoms with Crippen LogP contribution in [0.25, 0.3) is 11.0 Å². The maximum atomic E-state index is 12.9. The monoisotopic (exact) mass is 368 g/mol. The number of carbonyl (C=O) groups is 1. The molecule has 1 amide bonds. The SMILES string of the molecule is CN(C)CCn1c(CCNC(=O)Cc2ccc(F)cc2)nc2ccccc21. The van der Waals surface area contributed by atoms with E-state index in [1.807, 2.05) is 18.2 Å². The Morgan fingerprint density at radius 3 is 2.63 bits per heavy atom. The molecule has 1 N–H and O–H groups in total. The molecule has 1 aromatic heterocycles. The first kappa shape index (κ1) is 19.0. The third-order valence-electron chi connectivity index (χ3n) is 4.45. The van der Waals surface area contributed by atoms with E-state index < -0.39 is 0 Å². The average Bonchev–Trinajstić information content (AvgIpc) is 2.99. The molecule has 0 saturated carbocycles. The maximum absolute atomic E-state index is 12.9. The number of benzene rings is 2. The topological polar surface area (TPSA) is 50.2 Å². The summed E-state index contributed by atoms with van der Waals surface area (Å²) in [4.78, 5) is 19.0. The van der Waals surface area contributed by atoms with Crippen LogP contribution in [-0.4, -0.2) is 47.5 Å². The normalized spacial score (nSPS) is 11.3. The number of likely N-dealkylation sites (N-methyl/N-ethyl adjacent to an activating group) is 1. The number of fused-ring (bicyclic) bond motifs is 1. The number of aromatic nitrogens is 2. The van der Waals surface area contributed by atoms with Crippen LogP contribution in [0.3, 0.4) is 0 Å². The number of hydrogen-bond acceptors (Lipinski definition) is 3. The number of rotatable bonds is 8. The summed E-state index contributed by atoms with van der Waals surface area (Å²) in [6.45, 7) is 2.29. The summed E-state index contributed by atoms with van der Waals surface area (Å²) in [5, 5.41) is 2.93. The molecule has 0 unspecified atom stereocenters. The molecule has 0 bridgehead atoms. The molecule has 0 aliphatic rings. The van der Waals surface area contributed by atoms with Crippen LogP contribution < -0.4 is 5.32 Å². The minimum atomic E-state index is -0.296. The molecule has 0 spiro atoms. The van der Waals surface area contributed by atoms with Crippen LogP contribution in [0.2, 0.25) is 0 Å². The van der Waals surface area contributed by atoms with Crippen LogP contribution in [0.15, 0.2) is 48.5 Å². The van der Waals surface area contributed by atoms with Gasteiger partial charge in [0.15, 0.2) is 0 Å². The van der Waals surface area contributed by atoms with E-state index >= 15 is 0 Å². The quantitative estimate of drug-likeness (QED) is 0.665. The fourth-order valence-corrected chi connectivity index (χ4v) is 3.03. The highest BCUT2D eigenvalue weighted by Gasteiger charge is 2.11. The van der Waals surface area contributed by atoms with Gasteiger partial charge in [0, 0.05) is 26.1 Å². The highest BCUT2D eigenvalue weighted by atomic mass is 19.1. The van der Waals surface area contributed by atoms with Crippen LogP contribution in [0.5, 0.6) is 0 Å². The summed E-state index contributed by atoms with van der Waals surface area (Å²) in [5.41, 5.74) is 2.89. The molecule has 5 nitrogen and oxygen atoms in total. The van der Waals surface area contributed by atoms with Crippen LogP contribution >= 0.6 is 0 Å². The number of para-hydroxylation sites is 2. The summed E-state index contributed by atoms with van der Waals surface area (Å²) in [5.74, 6) is 0.605. The predicted octanol–water partition coefficient (Wildman–Crippen LogP) is 2.64. The Hall–Kier alpha value is -2.73. The molecule has 1 heterocycles. The molecular weight excluding hydrogens is 343 g/mol. The number of amides is 1. The van der Waals surface area contributed by atoms with Crippen molar-refractivity contribution in [3.8, 4) is 0 Å². The molecule has 142 valence electrons. The summed E-state index contributed by atoms with van der Waals surface area (Å²) >= 11 is 0. The lowest BCUT2D eigenvalue weighted by atomic mass is 10.1. The van der Waals surface area contributed by atoms with Crippen LogP contribution in [0, 0.1) is 5.82 Å². The summed E-state index contributed by atoms with van der Waals surface area (Å²) in [7, 11) is 4.10. The molecule has 0 fully saturated rings. The molecule has 0 aliphatic heterocycles. The van der Waals surface area contributed by atoms with E-state index in [1.54, 1.807) is 12.1 Å². The van der Waals surface area contributed by atoms with Crippen molar-refractivity contribution in [2.45, 2.75) is 19.4 Å². The number of imidazole rings is 1. The lowest BCUT2D eigenvalue weighted by molar-refractivity contribution is -0.120. The van der Waals surface area contributed by atoms with E-state index in [0.717, 1.165) is 35.5 Å². The van der Waals surface area contributed by atoms with Crippen LogP contribution in [0.4, 0.5) is 4.39 Å². The number of carbonyl (C=O) groups excluding carboxylic acids is 1. The van der Waals surface area contributed by atoms with E-state index in [2.05, 4.69) is 34.9 Å². The number of hydrogen-bond donors (Lipinski definition) is 1. The average molecular weight is 368 g/mol. The van der Waals surface area contributed by atoms with Crippen LogP contribution in [-0.2, 0) is 24.2 Å². The molecule has 27 heavy (non-hydrogen) atoms. The van der Waals surface area contributed by atoms with Crippen molar-refractivity contribution in [2.75, 3.05) is 27.2 Å². The Morgan fingerprint density at radius 1 is 1.15 bits per heavy atom. The van der Waals surface area contributed by atoms with Crippen LogP contribution in [0.1, 0.15) is 11.4 Å². The third-order valence-corrected chi connectivity index (χ3v) is 4.45. The minimum Gasteiger partial charge on any atom is -0.355 e. The molecule has 0 radical (unpaired) electrons. The number of nitrogens with one attached hydrogen (secondary N) is 1. The van der Waals surface area contributed by atoms with Gasteiger partial charge >= 0.3 is 0 Å². The standard InChI is InChI=1S/C21H25FN4O/c1-25(2)13-14-26-19-6-4-3-5-18(19)24-20(26)11-12-23-21(27)15-16-7-9-17(22)10-8-16/h3-10H,11-15H2,1-2H3,(H,23,27). The second-order valence-electron chi connectivity index (χ2n) is 6.87. The van der Waals surface area contributed by atoms with Gasteiger partial charge in [0.2, 0.25) is 5.91 Å². The summed E-state index contributed by atoms with van der Waals surface area (Å²) < 4.78 is 15.2. The van der Waals surface area contributed by atoms with Crippen molar-refractivity contribution in [1.82, 2.24) is 19.8 Å². The van der Waals surface area contributed by atoms with Gasteiger partial charge in [-0.2, -0.15) is 0 Å². The Labute approximate surface area is 158 Å². The second-order valence-corrected chi connectivity index (χ2v) is 6.87. The first-order valence-corrected chi connectivity index (χ1v) is 9.13. The molecule has 2 aromatic carbocycles. The zero-order chi connectivity index (χ0) is 19.2. The van der Waals surface area contributed by atoms with Gasteiger partial charge in [-0.25, -0.2) is 9.37 Å². The molecule has 0 aliphatic carbocycles. The second kappa shape index (κ2) is 8.77. The minimum absolute atomic E-state index is 0.0717. The molecule has 3 aromatic rings. The summed E-state index contributed by atoms with van der Waals surface area (Å²) in [6, 6.07) is 14.1. The lowest BCUT2D eigenvalue weighted by Crippen LogP contribution is -2.28. The highest BCUT2D eigenvalue weighted by Crippen LogP contribution is 2.16. The van der Waals surface area contributed by atoms with E-state index in [-0.39, 0.29) is 18.1 Å². The van der Waals surface area contributed by atoms with Crippen molar-refractivity contribution in [2.24, 2.45) is 0 Å². The van der Waals surface area contributed by atoms with E-state index in [0.29, 0.717) is 13.0 Å². The van der Waals surface area contributed by atoms with Gasteiger partial charge in [0.05, 0.1) is 17.5 Å². The summed E-state index contributed by atoms with van der Waals surface area (Å²) in [6.07, 6.45) is 0.911. The van der Waals surface area contributed by atoms with Crippen molar-refractivity contribution in [3.05, 3.63) is 65.7 Å².